The van der Waals surface area contributed by atoms with Crippen LogP contribution in [0.3, 0.4) is 0 Å². The average molecular weight is 170 g/mol. The third-order valence-electron chi connectivity index (χ3n) is 2.60. The van der Waals surface area contributed by atoms with E-state index >= 15 is 0 Å². The van der Waals surface area contributed by atoms with Crippen molar-refractivity contribution in [2.45, 2.75) is 32.2 Å². The minimum atomic E-state index is 0.206. The second-order valence-electron chi connectivity index (χ2n) is 3.50. The van der Waals surface area contributed by atoms with Crippen LogP contribution in [0.15, 0.2) is 0 Å². The minimum Gasteiger partial charge on any atom is -0.341 e. The van der Waals surface area contributed by atoms with Crippen LogP contribution < -0.4 is 5.73 Å². The van der Waals surface area contributed by atoms with E-state index in [4.69, 9.17) is 5.73 Å². The number of hydrogen-bond acceptors (Lipinski definition) is 2. The summed E-state index contributed by atoms with van der Waals surface area (Å²) < 4.78 is 0. The van der Waals surface area contributed by atoms with Crippen LogP contribution in [-0.2, 0) is 4.79 Å². The molecule has 1 fully saturated rings. The lowest BCUT2D eigenvalue weighted by atomic mass is 10.1. The highest BCUT2D eigenvalue weighted by Crippen LogP contribution is 2.34. The van der Waals surface area contributed by atoms with Gasteiger partial charge in [-0.25, -0.2) is 0 Å². The predicted molar refractivity (Wildman–Crippen MR) is 48.6 cm³/mol. The van der Waals surface area contributed by atoms with Crippen molar-refractivity contribution in [3.05, 3.63) is 0 Å². The normalized spacial score (nSPS) is 18.9. The molecule has 1 unspecified atom stereocenters. The van der Waals surface area contributed by atoms with Gasteiger partial charge in [-0.2, -0.15) is 0 Å². The van der Waals surface area contributed by atoms with Gasteiger partial charge in [-0.05, 0) is 18.8 Å². The number of carbonyl (C=O) groups is 1. The Bertz CT molecular complexity index is 166. The molecule has 3 heteroatoms. The molecule has 1 saturated carbocycles. The first kappa shape index (κ1) is 9.52. The third-order valence-corrected chi connectivity index (χ3v) is 2.60. The highest BCUT2D eigenvalue weighted by molar-refractivity contribution is 5.75. The van der Waals surface area contributed by atoms with Gasteiger partial charge in [0.1, 0.15) is 0 Å². The first-order valence-corrected chi connectivity index (χ1v) is 4.66. The molecule has 0 saturated heterocycles. The van der Waals surface area contributed by atoms with Gasteiger partial charge in [0, 0.05) is 26.1 Å². The number of hydrogen-bond donors (Lipinski definition) is 1. The summed E-state index contributed by atoms with van der Waals surface area (Å²) in [5.74, 6) is 0.882. The largest absolute Gasteiger partial charge is 0.341 e. The van der Waals surface area contributed by atoms with Crippen molar-refractivity contribution in [3.63, 3.8) is 0 Å². The molecule has 0 radical (unpaired) electrons. The number of nitrogens with zero attached hydrogens (tertiary/aromatic N) is 1. The van der Waals surface area contributed by atoms with Gasteiger partial charge in [0.25, 0.3) is 0 Å². The molecule has 0 aromatic heterocycles. The first-order chi connectivity index (χ1) is 5.70. The van der Waals surface area contributed by atoms with E-state index in [0.29, 0.717) is 18.9 Å². The maximum atomic E-state index is 11.3. The van der Waals surface area contributed by atoms with Crippen molar-refractivity contribution >= 4 is 5.91 Å². The third kappa shape index (κ3) is 1.97. The molecule has 0 aromatic rings. The Morgan fingerprint density at radius 2 is 2.25 bits per heavy atom. The molecular formula is C9H18N2O. The van der Waals surface area contributed by atoms with Crippen LogP contribution in [0.1, 0.15) is 26.2 Å². The summed E-state index contributed by atoms with van der Waals surface area (Å²) in [6.07, 6.45) is 3.06. The van der Waals surface area contributed by atoms with Gasteiger partial charge in [0.15, 0.2) is 0 Å². The van der Waals surface area contributed by atoms with E-state index in [2.05, 4.69) is 0 Å². The molecule has 2 N–H and O–H groups in total. The summed E-state index contributed by atoms with van der Waals surface area (Å²) in [6, 6.07) is 0.289. The first-order valence-electron chi connectivity index (χ1n) is 4.66. The van der Waals surface area contributed by atoms with E-state index in [9.17, 15) is 4.79 Å². The van der Waals surface area contributed by atoms with Crippen LogP contribution >= 0.6 is 0 Å². The zero-order valence-electron chi connectivity index (χ0n) is 7.92. The highest BCUT2D eigenvalue weighted by Gasteiger charge is 2.34. The fourth-order valence-corrected chi connectivity index (χ4v) is 1.58. The van der Waals surface area contributed by atoms with Gasteiger partial charge in [-0.15, -0.1) is 0 Å². The average Bonchev–Trinajstić information content (AvgIpc) is 2.88. The molecule has 0 spiro atoms. The molecule has 0 aliphatic heterocycles. The van der Waals surface area contributed by atoms with Gasteiger partial charge in [0.05, 0.1) is 0 Å². The van der Waals surface area contributed by atoms with E-state index in [0.717, 1.165) is 0 Å². The number of amides is 1. The topological polar surface area (TPSA) is 46.3 Å². The molecule has 1 rings (SSSR count). The van der Waals surface area contributed by atoms with Crippen LogP contribution in [0.4, 0.5) is 0 Å². The lowest BCUT2D eigenvalue weighted by Crippen LogP contribution is -2.42. The summed E-state index contributed by atoms with van der Waals surface area (Å²) in [5, 5.41) is 0. The lowest BCUT2D eigenvalue weighted by Gasteiger charge is -2.26. The summed E-state index contributed by atoms with van der Waals surface area (Å²) in [4.78, 5) is 13.1. The van der Waals surface area contributed by atoms with Gasteiger partial charge in [-0.1, -0.05) is 6.92 Å². The van der Waals surface area contributed by atoms with Crippen molar-refractivity contribution in [2.75, 3.05) is 13.6 Å². The number of likely N-dealkylation sites (N-methyl/N-ethyl adjacent to an activating group) is 1. The predicted octanol–water partition coefficient (Wildman–Crippen LogP) is 0.592. The molecule has 1 atom stereocenters. The Morgan fingerprint density at radius 1 is 1.67 bits per heavy atom. The molecule has 70 valence electrons. The fourth-order valence-electron chi connectivity index (χ4n) is 1.58. The Kier molecular flexibility index (Phi) is 3.09. The maximum Gasteiger partial charge on any atom is 0.222 e. The van der Waals surface area contributed by atoms with E-state index in [-0.39, 0.29) is 11.9 Å². The SMILES string of the molecule is CCC(=O)N(C)C(CN)C1CC1. The van der Waals surface area contributed by atoms with Crippen LogP contribution in [0.5, 0.6) is 0 Å². The summed E-state index contributed by atoms with van der Waals surface area (Å²) in [5.41, 5.74) is 5.61. The number of rotatable bonds is 4. The van der Waals surface area contributed by atoms with Crippen LogP contribution in [-0.4, -0.2) is 30.4 Å². The molecule has 0 bridgehead atoms. The molecule has 3 nitrogen and oxygen atoms in total. The highest BCUT2D eigenvalue weighted by atomic mass is 16.2. The second kappa shape index (κ2) is 3.90. The van der Waals surface area contributed by atoms with Crippen LogP contribution in [0.25, 0.3) is 0 Å². The molecule has 1 aliphatic carbocycles. The summed E-state index contributed by atoms with van der Waals surface area (Å²) in [7, 11) is 1.86. The van der Waals surface area contributed by atoms with Crippen molar-refractivity contribution in [3.8, 4) is 0 Å². The second-order valence-corrected chi connectivity index (χ2v) is 3.50. The number of nitrogens with two attached hydrogens (primary N) is 1. The molecule has 0 heterocycles. The molecule has 12 heavy (non-hydrogen) atoms. The van der Waals surface area contributed by atoms with E-state index < -0.39 is 0 Å². The summed E-state index contributed by atoms with van der Waals surface area (Å²) >= 11 is 0. The molecule has 1 amide bonds. The molecule has 0 aromatic carbocycles. The quantitative estimate of drug-likeness (QED) is 0.671. The lowest BCUT2D eigenvalue weighted by molar-refractivity contribution is -0.131. The Hall–Kier alpha value is -0.570. The minimum absolute atomic E-state index is 0.206. The Labute approximate surface area is 73.9 Å². The van der Waals surface area contributed by atoms with Gasteiger partial charge >= 0.3 is 0 Å². The van der Waals surface area contributed by atoms with Crippen molar-refractivity contribution in [2.24, 2.45) is 11.7 Å². The van der Waals surface area contributed by atoms with Crippen molar-refractivity contribution < 1.29 is 4.79 Å². The zero-order chi connectivity index (χ0) is 9.14. The van der Waals surface area contributed by atoms with E-state index in [1.54, 1.807) is 0 Å². The molecule has 1 aliphatic rings. The van der Waals surface area contributed by atoms with Gasteiger partial charge < -0.3 is 10.6 Å². The van der Waals surface area contributed by atoms with Crippen molar-refractivity contribution in [1.29, 1.82) is 0 Å². The van der Waals surface area contributed by atoms with Gasteiger partial charge in [0.2, 0.25) is 5.91 Å². The Morgan fingerprint density at radius 3 is 2.58 bits per heavy atom. The van der Waals surface area contributed by atoms with Crippen LogP contribution in [0, 0.1) is 5.92 Å². The summed E-state index contributed by atoms with van der Waals surface area (Å²) in [6.45, 7) is 2.49. The zero-order valence-corrected chi connectivity index (χ0v) is 7.92. The smallest absolute Gasteiger partial charge is 0.222 e. The van der Waals surface area contributed by atoms with Crippen molar-refractivity contribution in [1.82, 2.24) is 4.90 Å². The maximum absolute atomic E-state index is 11.3. The Balaban J connectivity index is 2.46. The van der Waals surface area contributed by atoms with Gasteiger partial charge in [-0.3, -0.25) is 4.79 Å². The standard InChI is InChI=1S/C9H18N2O/c1-3-9(12)11(2)8(6-10)7-4-5-7/h7-8H,3-6,10H2,1-2H3. The monoisotopic (exact) mass is 170 g/mol. The van der Waals surface area contributed by atoms with Crippen LogP contribution in [0.2, 0.25) is 0 Å². The fraction of sp³-hybridized carbons (Fsp3) is 0.889. The molecular weight excluding hydrogens is 152 g/mol. The van der Waals surface area contributed by atoms with E-state index in [1.165, 1.54) is 12.8 Å². The van der Waals surface area contributed by atoms with E-state index in [1.807, 2.05) is 18.9 Å². The number of carbonyl (C=O) groups excluding carboxylic acids is 1.